The van der Waals surface area contributed by atoms with Crippen LogP contribution in [0.3, 0.4) is 0 Å². The van der Waals surface area contributed by atoms with E-state index in [4.69, 9.17) is 33.2 Å². The Bertz CT molecular complexity index is 2610. The van der Waals surface area contributed by atoms with Crippen LogP contribution in [0.25, 0.3) is 44.3 Å². The summed E-state index contributed by atoms with van der Waals surface area (Å²) in [5.41, 5.74) is 11.5. The van der Waals surface area contributed by atoms with Gasteiger partial charge in [0.1, 0.15) is 0 Å². The van der Waals surface area contributed by atoms with E-state index in [0.717, 1.165) is 109 Å². The number of hydrogen-bond acceptors (Lipinski definition) is 6. The third-order valence-electron chi connectivity index (χ3n) is 13.3. The van der Waals surface area contributed by atoms with Crippen LogP contribution in [0.15, 0.2) is 170 Å². The lowest BCUT2D eigenvalue weighted by Crippen LogP contribution is -2.43. The van der Waals surface area contributed by atoms with Gasteiger partial charge >= 0.3 is 0 Å². The van der Waals surface area contributed by atoms with Crippen molar-refractivity contribution < 1.29 is 0 Å². The third kappa shape index (κ3) is 13.3. The molecule has 352 valence electrons. The van der Waals surface area contributed by atoms with Crippen LogP contribution in [0.5, 0.6) is 0 Å². The summed E-state index contributed by atoms with van der Waals surface area (Å²) >= 11 is 12.6. The van der Waals surface area contributed by atoms with Crippen molar-refractivity contribution in [3.63, 3.8) is 0 Å². The van der Waals surface area contributed by atoms with E-state index >= 15 is 0 Å². The van der Waals surface area contributed by atoms with Gasteiger partial charge in [-0.2, -0.15) is 0 Å². The molecule has 10 rings (SSSR count). The van der Waals surface area contributed by atoms with Crippen molar-refractivity contribution >= 4 is 69.8 Å². The van der Waals surface area contributed by atoms with E-state index in [0.29, 0.717) is 12.1 Å². The topological polar surface area (TPSA) is 56.3 Å². The van der Waals surface area contributed by atoms with Gasteiger partial charge in [0.2, 0.25) is 0 Å². The zero-order valence-corrected chi connectivity index (χ0v) is 42.1. The number of nitrogens with zero attached hydrogens (tertiary/aromatic N) is 4. The Morgan fingerprint density at radius 3 is 1.16 bits per heavy atom. The fraction of sp³-hybridized carbons (Fsp3) is 0.276. The lowest BCUT2D eigenvalue weighted by atomic mass is 9.97. The molecule has 0 saturated carbocycles. The van der Waals surface area contributed by atoms with Crippen LogP contribution < -0.4 is 10.6 Å². The maximum Gasteiger partial charge on any atom is 0.0727 e. The number of benzene rings is 6. The summed E-state index contributed by atoms with van der Waals surface area (Å²) in [6.07, 6.45) is 4.66. The molecule has 0 aliphatic carbocycles. The molecule has 6 aromatic carbocycles. The minimum absolute atomic E-state index is 0. The highest BCUT2D eigenvalue weighted by Gasteiger charge is 2.24. The van der Waals surface area contributed by atoms with Crippen LogP contribution in [0.4, 0.5) is 0 Å². The molecular weight excluding hydrogens is 922 g/mol. The standard InChI is InChI=1S/2C29H30ClN3.2ClH/c2*1-21(31-25-14-16-33(17-15-25)20-22-8-4-2-5-9-22)27-19-28(23-10-6-3-7-11-23)32-29-18-24(30)12-13-26(27)29;;/h2*2-13,18-19,21,25,31H,14-17,20H2,1H3;2*1H. The van der Waals surface area contributed by atoms with Crippen molar-refractivity contribution in [3.8, 4) is 22.5 Å². The number of rotatable bonds is 12. The number of likely N-dealkylation sites (tertiary alicyclic amines) is 2. The molecule has 4 heterocycles. The average molecular weight is 985 g/mol. The predicted octanol–water partition coefficient (Wildman–Crippen LogP) is 14.6. The lowest BCUT2D eigenvalue weighted by molar-refractivity contribution is 0.185. The van der Waals surface area contributed by atoms with E-state index in [1.54, 1.807) is 0 Å². The van der Waals surface area contributed by atoms with Gasteiger partial charge in [0, 0.05) is 69.2 Å². The van der Waals surface area contributed by atoms with Gasteiger partial charge < -0.3 is 10.6 Å². The predicted molar refractivity (Wildman–Crippen MR) is 291 cm³/mol. The molecule has 0 bridgehead atoms. The molecule has 2 atom stereocenters. The Hall–Kier alpha value is -4.86. The second kappa shape index (κ2) is 24.6. The second-order valence-corrected chi connectivity index (χ2v) is 19.0. The minimum atomic E-state index is 0. The molecule has 2 unspecified atom stereocenters. The highest BCUT2D eigenvalue weighted by Crippen LogP contribution is 2.33. The summed E-state index contributed by atoms with van der Waals surface area (Å²) in [6, 6.07) is 60.4. The molecule has 0 amide bonds. The van der Waals surface area contributed by atoms with Gasteiger partial charge in [-0.25, -0.2) is 9.97 Å². The number of hydrogen-bond donors (Lipinski definition) is 2. The smallest absolute Gasteiger partial charge is 0.0727 e. The highest BCUT2D eigenvalue weighted by molar-refractivity contribution is 6.31. The molecule has 8 aromatic rings. The number of halogens is 4. The summed E-state index contributed by atoms with van der Waals surface area (Å²) in [5.74, 6) is 0. The molecule has 6 nitrogen and oxygen atoms in total. The first-order valence-corrected chi connectivity index (χ1v) is 24.4. The van der Waals surface area contributed by atoms with Crippen LogP contribution in [0, 0.1) is 0 Å². The Balaban J connectivity index is 0.000000196. The molecule has 2 aromatic heterocycles. The van der Waals surface area contributed by atoms with Crippen molar-refractivity contribution in [2.24, 2.45) is 0 Å². The molecule has 2 aliphatic heterocycles. The lowest BCUT2D eigenvalue weighted by Gasteiger charge is -2.34. The van der Waals surface area contributed by atoms with E-state index in [1.807, 2.05) is 36.4 Å². The molecule has 2 fully saturated rings. The second-order valence-electron chi connectivity index (χ2n) is 18.1. The van der Waals surface area contributed by atoms with E-state index < -0.39 is 0 Å². The van der Waals surface area contributed by atoms with Crippen LogP contribution >= 0.6 is 48.0 Å². The van der Waals surface area contributed by atoms with Crippen molar-refractivity contribution in [2.45, 2.75) is 76.8 Å². The summed E-state index contributed by atoms with van der Waals surface area (Å²) in [4.78, 5) is 15.0. The van der Waals surface area contributed by atoms with Crippen molar-refractivity contribution in [1.82, 2.24) is 30.4 Å². The Morgan fingerprint density at radius 1 is 0.471 bits per heavy atom. The molecule has 2 aliphatic rings. The van der Waals surface area contributed by atoms with Crippen LogP contribution in [0.1, 0.15) is 73.9 Å². The largest absolute Gasteiger partial charge is 0.307 e. The fourth-order valence-electron chi connectivity index (χ4n) is 9.77. The molecule has 68 heavy (non-hydrogen) atoms. The number of pyridine rings is 2. The fourth-order valence-corrected chi connectivity index (χ4v) is 10.1. The van der Waals surface area contributed by atoms with Crippen molar-refractivity contribution in [1.29, 1.82) is 0 Å². The normalized spacial score (nSPS) is 15.7. The molecule has 2 N–H and O–H groups in total. The highest BCUT2D eigenvalue weighted by atomic mass is 35.5. The van der Waals surface area contributed by atoms with E-state index in [1.165, 1.54) is 33.0 Å². The maximum atomic E-state index is 6.32. The van der Waals surface area contributed by atoms with Gasteiger partial charge in [-0.15, -0.1) is 24.8 Å². The Kier molecular flexibility index (Phi) is 18.5. The first-order chi connectivity index (χ1) is 32.3. The van der Waals surface area contributed by atoms with Crippen LogP contribution in [-0.4, -0.2) is 58.0 Å². The van der Waals surface area contributed by atoms with Crippen molar-refractivity contribution in [2.75, 3.05) is 26.2 Å². The SMILES string of the molecule is CC(NC1CCN(Cc2ccccc2)CC1)c1cc(-c2ccccc2)nc2cc(Cl)ccc12.CC(NC1CCN(Cc2ccccc2)CC1)c1cc(-c2ccccc2)nc2cc(Cl)ccc12.Cl.Cl. The summed E-state index contributed by atoms with van der Waals surface area (Å²) in [6.45, 7) is 11.1. The summed E-state index contributed by atoms with van der Waals surface area (Å²) < 4.78 is 0. The number of fused-ring (bicyclic) bond motifs is 2. The van der Waals surface area contributed by atoms with E-state index in [-0.39, 0.29) is 36.9 Å². The van der Waals surface area contributed by atoms with Gasteiger partial charge in [-0.1, -0.05) is 157 Å². The van der Waals surface area contributed by atoms with Crippen molar-refractivity contribution in [3.05, 3.63) is 202 Å². The number of nitrogens with one attached hydrogen (secondary N) is 2. The molecule has 10 heteroatoms. The zero-order chi connectivity index (χ0) is 45.2. The van der Waals surface area contributed by atoms with Crippen LogP contribution in [-0.2, 0) is 13.1 Å². The first kappa shape index (κ1) is 51.0. The zero-order valence-electron chi connectivity index (χ0n) is 38.9. The monoisotopic (exact) mass is 982 g/mol. The Labute approximate surface area is 425 Å². The molecule has 0 radical (unpaired) electrons. The van der Waals surface area contributed by atoms with Gasteiger partial charge in [-0.3, -0.25) is 9.80 Å². The number of piperidine rings is 2. The molecule has 0 spiro atoms. The van der Waals surface area contributed by atoms with E-state index in [2.05, 4.69) is 168 Å². The first-order valence-electron chi connectivity index (χ1n) is 23.7. The summed E-state index contributed by atoms with van der Waals surface area (Å²) in [7, 11) is 0. The van der Waals surface area contributed by atoms with Crippen LogP contribution in [0.2, 0.25) is 10.0 Å². The Morgan fingerprint density at radius 2 is 0.809 bits per heavy atom. The van der Waals surface area contributed by atoms with E-state index in [9.17, 15) is 0 Å². The molecular formula is C58H62Cl4N6. The van der Waals surface area contributed by atoms with Gasteiger partial charge in [0.05, 0.1) is 22.4 Å². The maximum absolute atomic E-state index is 6.32. The summed E-state index contributed by atoms with van der Waals surface area (Å²) in [5, 5.41) is 11.6. The quantitative estimate of drug-likeness (QED) is 0.127. The number of aromatic nitrogens is 2. The minimum Gasteiger partial charge on any atom is -0.307 e. The van der Waals surface area contributed by atoms with Gasteiger partial charge in [0.15, 0.2) is 0 Å². The van der Waals surface area contributed by atoms with Gasteiger partial charge in [0.25, 0.3) is 0 Å². The third-order valence-corrected chi connectivity index (χ3v) is 13.8. The molecule has 2 saturated heterocycles. The van der Waals surface area contributed by atoms with Gasteiger partial charge in [-0.05, 0) is 124 Å². The average Bonchev–Trinajstić information content (AvgIpc) is 3.35.